The van der Waals surface area contributed by atoms with Gasteiger partial charge in [-0.25, -0.2) is 0 Å². The molecule has 0 spiro atoms. The third-order valence-electron chi connectivity index (χ3n) is 11.3. The van der Waals surface area contributed by atoms with Crippen LogP contribution in [0, 0.1) is 0 Å². The fourth-order valence-electron chi connectivity index (χ4n) is 7.47. The Morgan fingerprint density at radius 1 is 0.607 bits per heavy atom. The Morgan fingerprint density at radius 2 is 1.07 bits per heavy atom. The summed E-state index contributed by atoms with van der Waals surface area (Å²) in [4.78, 5) is 13.0. The summed E-state index contributed by atoms with van der Waals surface area (Å²) in [5.74, 6) is -0.158. The molecule has 0 bridgehead atoms. The quantitative estimate of drug-likeness (QED) is 0.0266. The number of aliphatic hydroxyl groups excluding tert-OH is 5. The van der Waals surface area contributed by atoms with E-state index in [0.717, 1.165) is 64.2 Å². The molecule has 1 amide bonds. The Morgan fingerprint density at radius 3 is 1.59 bits per heavy atom. The van der Waals surface area contributed by atoms with E-state index < -0.39 is 49.5 Å². The van der Waals surface area contributed by atoms with Crippen molar-refractivity contribution in [1.82, 2.24) is 5.32 Å². The first-order valence-electron chi connectivity index (χ1n) is 23.5. The SMILES string of the molecule is CCCC/C=C\C/C=C\CCCCCCCC(=O)NC(COC1OC(CO)C(O)C(O)C1O)C(O)CCCCCCCCCCCCCCCCCCCCC. The second kappa shape index (κ2) is 37.9. The van der Waals surface area contributed by atoms with Crippen LogP contribution in [0.1, 0.15) is 213 Å². The van der Waals surface area contributed by atoms with Gasteiger partial charge in [0, 0.05) is 6.42 Å². The molecule has 1 heterocycles. The summed E-state index contributed by atoms with van der Waals surface area (Å²) < 4.78 is 11.3. The molecule has 7 unspecified atom stereocenters. The van der Waals surface area contributed by atoms with Crippen LogP contribution in [0.4, 0.5) is 0 Å². The zero-order chi connectivity index (χ0) is 40.9. The Kier molecular flexibility index (Phi) is 35.7. The number of carbonyl (C=O) groups is 1. The molecule has 0 aromatic rings. The van der Waals surface area contributed by atoms with Gasteiger partial charge in [0.25, 0.3) is 0 Å². The number of hydrogen-bond acceptors (Lipinski definition) is 8. The van der Waals surface area contributed by atoms with Crippen molar-refractivity contribution in [3.8, 4) is 0 Å². The molecule has 9 nitrogen and oxygen atoms in total. The molecule has 0 saturated carbocycles. The van der Waals surface area contributed by atoms with Gasteiger partial charge < -0.3 is 40.3 Å². The lowest BCUT2D eigenvalue weighted by Crippen LogP contribution is -2.60. The average molecular weight is 796 g/mol. The number of aliphatic hydroxyl groups is 5. The minimum atomic E-state index is -1.55. The molecule has 7 atom stereocenters. The molecule has 9 heteroatoms. The summed E-state index contributed by atoms with van der Waals surface area (Å²) in [6, 6.07) is -0.723. The van der Waals surface area contributed by atoms with E-state index in [-0.39, 0.29) is 12.5 Å². The molecule has 56 heavy (non-hydrogen) atoms. The number of amides is 1. The molecule has 1 aliphatic heterocycles. The van der Waals surface area contributed by atoms with Crippen LogP contribution in [0.5, 0.6) is 0 Å². The van der Waals surface area contributed by atoms with Gasteiger partial charge >= 0.3 is 0 Å². The van der Waals surface area contributed by atoms with Crippen LogP contribution in [0.3, 0.4) is 0 Å². The highest BCUT2D eigenvalue weighted by molar-refractivity contribution is 5.76. The van der Waals surface area contributed by atoms with Gasteiger partial charge in [-0.2, -0.15) is 0 Å². The Bertz CT molecular complexity index is 930. The van der Waals surface area contributed by atoms with Crippen molar-refractivity contribution < 1.29 is 39.8 Å². The summed E-state index contributed by atoms with van der Waals surface area (Å²) in [7, 11) is 0. The third-order valence-corrected chi connectivity index (χ3v) is 11.3. The van der Waals surface area contributed by atoms with Crippen molar-refractivity contribution in [3.63, 3.8) is 0 Å². The second-order valence-electron chi connectivity index (χ2n) is 16.6. The van der Waals surface area contributed by atoms with Gasteiger partial charge in [-0.1, -0.05) is 192 Å². The first-order chi connectivity index (χ1) is 27.3. The fourth-order valence-corrected chi connectivity index (χ4v) is 7.47. The summed E-state index contributed by atoms with van der Waals surface area (Å²) in [5.41, 5.74) is 0. The molecule has 1 rings (SSSR count). The van der Waals surface area contributed by atoms with Gasteiger partial charge in [-0.3, -0.25) is 4.79 Å². The molecule has 0 aliphatic carbocycles. The topological polar surface area (TPSA) is 149 Å². The molecule has 6 N–H and O–H groups in total. The monoisotopic (exact) mass is 796 g/mol. The van der Waals surface area contributed by atoms with E-state index in [9.17, 15) is 30.3 Å². The zero-order valence-corrected chi connectivity index (χ0v) is 36.1. The van der Waals surface area contributed by atoms with E-state index >= 15 is 0 Å². The number of ether oxygens (including phenoxy) is 2. The maximum absolute atomic E-state index is 13.0. The summed E-state index contributed by atoms with van der Waals surface area (Å²) in [6.07, 6.45) is 37.5. The molecular weight excluding hydrogens is 707 g/mol. The van der Waals surface area contributed by atoms with Gasteiger partial charge in [-0.05, 0) is 38.5 Å². The molecule has 1 fully saturated rings. The van der Waals surface area contributed by atoms with Gasteiger partial charge in [0.05, 0.1) is 25.4 Å². The van der Waals surface area contributed by atoms with Crippen LogP contribution in [0.25, 0.3) is 0 Å². The van der Waals surface area contributed by atoms with Crippen molar-refractivity contribution in [2.75, 3.05) is 13.2 Å². The van der Waals surface area contributed by atoms with E-state index in [1.54, 1.807) is 0 Å². The largest absolute Gasteiger partial charge is 0.394 e. The van der Waals surface area contributed by atoms with Crippen LogP contribution in [0.2, 0.25) is 0 Å². The second-order valence-corrected chi connectivity index (χ2v) is 16.6. The lowest BCUT2D eigenvalue weighted by molar-refractivity contribution is -0.302. The van der Waals surface area contributed by atoms with E-state index in [2.05, 4.69) is 43.5 Å². The number of unbranched alkanes of at least 4 members (excludes halogenated alkanes) is 25. The van der Waals surface area contributed by atoms with Crippen molar-refractivity contribution in [2.45, 2.75) is 256 Å². The summed E-state index contributed by atoms with van der Waals surface area (Å²) in [6.45, 7) is 3.79. The first kappa shape index (κ1) is 52.7. The predicted octanol–water partition coefficient (Wildman–Crippen LogP) is 9.89. The normalized spacial score (nSPS) is 21.3. The number of hydrogen-bond donors (Lipinski definition) is 6. The van der Waals surface area contributed by atoms with Crippen molar-refractivity contribution in [2.24, 2.45) is 0 Å². The maximum Gasteiger partial charge on any atom is 0.220 e. The molecule has 0 aromatic heterocycles. The molecule has 0 aromatic carbocycles. The summed E-state index contributed by atoms with van der Waals surface area (Å²) >= 11 is 0. The first-order valence-corrected chi connectivity index (χ1v) is 23.5. The average Bonchev–Trinajstić information content (AvgIpc) is 3.20. The number of nitrogens with one attached hydrogen (secondary N) is 1. The van der Waals surface area contributed by atoms with Gasteiger partial charge in [0.1, 0.15) is 24.4 Å². The van der Waals surface area contributed by atoms with Gasteiger partial charge in [0.2, 0.25) is 5.91 Å². The Balaban J connectivity index is 2.31. The smallest absolute Gasteiger partial charge is 0.220 e. The van der Waals surface area contributed by atoms with E-state index in [1.165, 1.54) is 122 Å². The highest BCUT2D eigenvalue weighted by Gasteiger charge is 2.44. The molecule has 330 valence electrons. The highest BCUT2D eigenvalue weighted by atomic mass is 16.7. The van der Waals surface area contributed by atoms with E-state index in [0.29, 0.717) is 12.8 Å². The predicted molar refractivity (Wildman–Crippen MR) is 230 cm³/mol. The van der Waals surface area contributed by atoms with Crippen molar-refractivity contribution in [3.05, 3.63) is 24.3 Å². The molecular formula is C47H89NO8. The standard InChI is InChI=1S/C47H89NO8/c1-3-5-7-9-11-13-15-17-19-20-21-22-23-24-26-28-30-32-34-36-41(50)40(39-55-47-46(54)45(53)44(52)42(38-49)56-47)48-43(51)37-35-33-31-29-27-25-18-16-14-12-10-8-6-4-2/h10,12,16,18,40-42,44-47,49-50,52-54H,3-9,11,13-15,17,19-39H2,1-2H3,(H,48,51)/b12-10-,18-16-. The lowest BCUT2D eigenvalue weighted by atomic mass is 9.99. The fraction of sp³-hybridized carbons (Fsp3) is 0.894. The van der Waals surface area contributed by atoms with Crippen LogP contribution in [-0.4, -0.2) is 87.5 Å². The van der Waals surface area contributed by atoms with Crippen LogP contribution in [0.15, 0.2) is 24.3 Å². The number of carbonyl (C=O) groups excluding carboxylic acids is 1. The lowest BCUT2D eigenvalue weighted by Gasteiger charge is -2.40. The van der Waals surface area contributed by atoms with Crippen molar-refractivity contribution >= 4 is 5.91 Å². The molecule has 1 aliphatic rings. The maximum atomic E-state index is 13.0. The minimum Gasteiger partial charge on any atom is -0.394 e. The van der Waals surface area contributed by atoms with Crippen LogP contribution in [-0.2, 0) is 14.3 Å². The summed E-state index contributed by atoms with van der Waals surface area (Å²) in [5, 5.41) is 54.4. The van der Waals surface area contributed by atoms with Crippen LogP contribution >= 0.6 is 0 Å². The number of rotatable bonds is 39. The highest BCUT2D eigenvalue weighted by Crippen LogP contribution is 2.23. The Labute approximate surface area is 343 Å². The minimum absolute atomic E-state index is 0.142. The number of allylic oxidation sites excluding steroid dienone is 4. The van der Waals surface area contributed by atoms with Crippen molar-refractivity contribution in [1.29, 1.82) is 0 Å². The molecule has 1 saturated heterocycles. The van der Waals surface area contributed by atoms with Gasteiger partial charge in [-0.15, -0.1) is 0 Å². The van der Waals surface area contributed by atoms with E-state index in [4.69, 9.17) is 9.47 Å². The van der Waals surface area contributed by atoms with Crippen LogP contribution < -0.4 is 5.32 Å². The third kappa shape index (κ3) is 28.2. The molecule has 0 radical (unpaired) electrons. The Hall–Kier alpha value is -1.33. The van der Waals surface area contributed by atoms with Gasteiger partial charge in [0.15, 0.2) is 6.29 Å². The zero-order valence-electron chi connectivity index (χ0n) is 36.1. The van der Waals surface area contributed by atoms with E-state index in [1.807, 2.05) is 0 Å².